The summed E-state index contributed by atoms with van der Waals surface area (Å²) in [5, 5.41) is 1.04. The van der Waals surface area contributed by atoms with Crippen LogP contribution in [0.15, 0.2) is 30.5 Å². The molecule has 1 aromatic carbocycles. The molecule has 2 heterocycles. The van der Waals surface area contributed by atoms with Crippen LogP contribution in [-0.2, 0) is 11.3 Å². The fraction of sp³-hybridized carbons (Fsp3) is 0.375. The van der Waals surface area contributed by atoms with Gasteiger partial charge in [0.25, 0.3) is 0 Å². The van der Waals surface area contributed by atoms with Gasteiger partial charge in [-0.3, -0.25) is 9.78 Å². The number of primary amides is 1. The number of para-hydroxylation sites is 1. The van der Waals surface area contributed by atoms with Gasteiger partial charge in [-0.05, 0) is 25.3 Å². The third-order valence-electron chi connectivity index (χ3n) is 4.16. The van der Waals surface area contributed by atoms with E-state index in [1.807, 2.05) is 30.5 Å². The van der Waals surface area contributed by atoms with Crippen LogP contribution in [0.1, 0.15) is 24.8 Å². The Morgan fingerprint density at radius 1 is 1.33 bits per heavy atom. The van der Waals surface area contributed by atoms with Crippen LogP contribution in [0.2, 0.25) is 0 Å². The van der Waals surface area contributed by atoms with Gasteiger partial charge in [0.15, 0.2) is 0 Å². The third kappa shape index (κ3) is 2.45. The van der Waals surface area contributed by atoms with Crippen molar-refractivity contribution in [2.24, 2.45) is 11.5 Å². The molecule has 0 aliphatic carbocycles. The number of hydrogen-bond donors (Lipinski definition) is 2. The maximum Gasteiger partial charge on any atom is 0.240 e. The highest BCUT2D eigenvalue weighted by Crippen LogP contribution is 2.33. The van der Waals surface area contributed by atoms with Gasteiger partial charge in [0.2, 0.25) is 5.91 Å². The Labute approximate surface area is 123 Å². The van der Waals surface area contributed by atoms with Gasteiger partial charge in [0, 0.05) is 30.2 Å². The molecule has 1 aliphatic rings. The second-order valence-electron chi connectivity index (χ2n) is 5.46. The molecule has 0 saturated carbocycles. The molecule has 1 fully saturated rings. The summed E-state index contributed by atoms with van der Waals surface area (Å²) >= 11 is 0. The number of carbonyl (C=O) groups is 1. The average Bonchev–Trinajstić information content (AvgIpc) is 2.53. The van der Waals surface area contributed by atoms with Crippen molar-refractivity contribution in [3.63, 3.8) is 0 Å². The topological polar surface area (TPSA) is 85.2 Å². The molecular weight excluding hydrogens is 264 g/mol. The van der Waals surface area contributed by atoms with E-state index in [2.05, 4.69) is 9.88 Å². The summed E-state index contributed by atoms with van der Waals surface area (Å²) < 4.78 is 0. The minimum absolute atomic E-state index is 0.255. The Balaban J connectivity index is 2.19. The van der Waals surface area contributed by atoms with Crippen LogP contribution >= 0.6 is 0 Å². The lowest BCUT2D eigenvalue weighted by Gasteiger charge is -2.37. The van der Waals surface area contributed by atoms with Gasteiger partial charge in [-0.15, -0.1) is 0 Å². The van der Waals surface area contributed by atoms with Crippen molar-refractivity contribution in [1.29, 1.82) is 0 Å². The van der Waals surface area contributed by atoms with Gasteiger partial charge in [0.1, 0.15) is 6.04 Å². The highest BCUT2D eigenvalue weighted by molar-refractivity contribution is 5.96. The molecule has 1 unspecified atom stereocenters. The fourth-order valence-electron chi connectivity index (χ4n) is 3.15. The number of pyridine rings is 1. The monoisotopic (exact) mass is 284 g/mol. The van der Waals surface area contributed by atoms with E-state index in [1.54, 1.807) is 0 Å². The zero-order valence-corrected chi connectivity index (χ0v) is 12.0. The van der Waals surface area contributed by atoms with E-state index in [1.165, 1.54) is 0 Å². The number of nitrogens with two attached hydrogens (primary N) is 2. The summed E-state index contributed by atoms with van der Waals surface area (Å²) in [6, 6.07) is 7.70. The summed E-state index contributed by atoms with van der Waals surface area (Å²) in [4.78, 5) is 18.4. The third-order valence-corrected chi connectivity index (χ3v) is 4.16. The van der Waals surface area contributed by atoms with Gasteiger partial charge in [0.05, 0.1) is 11.2 Å². The van der Waals surface area contributed by atoms with E-state index in [4.69, 9.17) is 11.5 Å². The molecule has 1 aromatic heterocycles. The molecular formula is C16H20N4O. The number of hydrogen-bond acceptors (Lipinski definition) is 4. The number of carbonyl (C=O) groups excluding carboxylic acids is 1. The van der Waals surface area contributed by atoms with Gasteiger partial charge in [-0.25, -0.2) is 0 Å². The molecule has 1 atom stereocenters. The zero-order chi connectivity index (χ0) is 14.8. The number of benzene rings is 1. The Bertz CT molecular complexity index is 670. The summed E-state index contributed by atoms with van der Waals surface area (Å²) in [5.74, 6) is -0.265. The first-order valence-electron chi connectivity index (χ1n) is 7.35. The van der Waals surface area contributed by atoms with Crippen LogP contribution in [-0.4, -0.2) is 23.5 Å². The standard InChI is InChI=1S/C16H20N4O/c17-9-11-10-19-13-6-2-1-5-12(13)15(11)20-8-4-3-7-14(20)16(18)21/h1-2,5-6,10,14H,3-4,7-9,17H2,(H2,18,21). The van der Waals surface area contributed by atoms with Crippen molar-refractivity contribution in [3.05, 3.63) is 36.0 Å². The summed E-state index contributed by atoms with van der Waals surface area (Å²) in [7, 11) is 0. The zero-order valence-electron chi connectivity index (χ0n) is 12.0. The van der Waals surface area contributed by atoms with Crippen molar-refractivity contribution < 1.29 is 4.79 Å². The normalized spacial score (nSPS) is 18.9. The molecule has 21 heavy (non-hydrogen) atoms. The Kier molecular flexibility index (Phi) is 3.75. The van der Waals surface area contributed by atoms with Crippen LogP contribution in [0.4, 0.5) is 5.69 Å². The van der Waals surface area contributed by atoms with Crippen molar-refractivity contribution in [3.8, 4) is 0 Å². The molecule has 2 aromatic rings. The number of anilines is 1. The molecule has 0 spiro atoms. The van der Waals surface area contributed by atoms with Crippen molar-refractivity contribution >= 4 is 22.5 Å². The second kappa shape index (κ2) is 5.69. The molecule has 0 bridgehead atoms. The number of fused-ring (bicyclic) bond motifs is 1. The van der Waals surface area contributed by atoms with Crippen molar-refractivity contribution in [2.75, 3.05) is 11.4 Å². The molecule has 1 amide bonds. The van der Waals surface area contributed by atoms with Crippen molar-refractivity contribution in [2.45, 2.75) is 31.8 Å². The SMILES string of the molecule is NCc1cnc2ccccc2c1N1CCCCC1C(N)=O. The van der Waals surface area contributed by atoms with Crippen LogP contribution in [0, 0.1) is 0 Å². The van der Waals surface area contributed by atoms with Crippen molar-refractivity contribution in [1.82, 2.24) is 4.98 Å². The fourth-order valence-corrected chi connectivity index (χ4v) is 3.15. The maximum absolute atomic E-state index is 11.8. The Hall–Kier alpha value is -2.14. The smallest absolute Gasteiger partial charge is 0.240 e. The van der Waals surface area contributed by atoms with Gasteiger partial charge < -0.3 is 16.4 Å². The first kappa shape index (κ1) is 13.8. The largest absolute Gasteiger partial charge is 0.368 e. The molecule has 5 heteroatoms. The Morgan fingerprint density at radius 2 is 2.14 bits per heavy atom. The van der Waals surface area contributed by atoms with Crippen LogP contribution in [0.3, 0.4) is 0 Å². The molecule has 4 N–H and O–H groups in total. The first-order valence-corrected chi connectivity index (χ1v) is 7.35. The van der Waals surface area contributed by atoms with Crippen LogP contribution in [0.5, 0.6) is 0 Å². The highest BCUT2D eigenvalue weighted by Gasteiger charge is 2.29. The predicted octanol–water partition coefficient (Wildman–Crippen LogP) is 1.54. The van der Waals surface area contributed by atoms with E-state index in [9.17, 15) is 4.79 Å². The quantitative estimate of drug-likeness (QED) is 0.895. The predicted molar refractivity (Wildman–Crippen MR) is 83.8 cm³/mol. The molecule has 5 nitrogen and oxygen atoms in total. The molecule has 1 aliphatic heterocycles. The lowest BCUT2D eigenvalue weighted by molar-refractivity contribution is -0.119. The number of amides is 1. The van der Waals surface area contributed by atoms with E-state index in [0.29, 0.717) is 6.54 Å². The summed E-state index contributed by atoms with van der Waals surface area (Å²) in [5.41, 5.74) is 14.4. The van der Waals surface area contributed by atoms with E-state index >= 15 is 0 Å². The number of nitrogens with zero attached hydrogens (tertiary/aromatic N) is 2. The molecule has 0 radical (unpaired) electrons. The van der Waals surface area contributed by atoms with E-state index < -0.39 is 0 Å². The van der Waals surface area contributed by atoms with Crippen LogP contribution < -0.4 is 16.4 Å². The minimum atomic E-state index is -0.265. The summed E-state index contributed by atoms with van der Waals surface area (Å²) in [6.45, 7) is 1.23. The maximum atomic E-state index is 11.8. The average molecular weight is 284 g/mol. The minimum Gasteiger partial charge on any atom is -0.368 e. The van der Waals surface area contributed by atoms with E-state index in [-0.39, 0.29) is 11.9 Å². The number of piperidine rings is 1. The van der Waals surface area contributed by atoms with Gasteiger partial charge in [-0.2, -0.15) is 0 Å². The molecule has 1 saturated heterocycles. The molecule has 110 valence electrons. The highest BCUT2D eigenvalue weighted by atomic mass is 16.1. The van der Waals surface area contributed by atoms with Gasteiger partial charge in [-0.1, -0.05) is 18.2 Å². The second-order valence-corrected chi connectivity index (χ2v) is 5.46. The number of rotatable bonds is 3. The Morgan fingerprint density at radius 3 is 2.90 bits per heavy atom. The van der Waals surface area contributed by atoms with Crippen LogP contribution in [0.25, 0.3) is 10.9 Å². The number of aromatic nitrogens is 1. The first-order chi connectivity index (χ1) is 10.2. The molecule has 3 rings (SSSR count). The lowest BCUT2D eigenvalue weighted by atomic mass is 9.98. The van der Waals surface area contributed by atoms with Gasteiger partial charge >= 0.3 is 0 Å². The summed E-state index contributed by atoms with van der Waals surface area (Å²) in [6.07, 6.45) is 4.70. The lowest BCUT2D eigenvalue weighted by Crippen LogP contribution is -2.48. The van der Waals surface area contributed by atoms with E-state index in [0.717, 1.165) is 48.0 Å².